The van der Waals surface area contributed by atoms with Crippen LogP contribution in [0.1, 0.15) is 16.7 Å². The Morgan fingerprint density at radius 3 is 2.44 bits per heavy atom. The maximum atomic E-state index is 12.7. The molecule has 3 aromatic rings. The SMILES string of the molecule is Cc1ccccc1-n1nc(Sc2ccc(Cl)cc2)c(C)c(C#N)c1=O. The van der Waals surface area contributed by atoms with Crippen LogP contribution >= 0.6 is 23.4 Å². The van der Waals surface area contributed by atoms with Gasteiger partial charge in [0.15, 0.2) is 0 Å². The van der Waals surface area contributed by atoms with E-state index >= 15 is 0 Å². The molecule has 0 radical (unpaired) electrons. The van der Waals surface area contributed by atoms with Crippen molar-refractivity contribution in [3.63, 3.8) is 0 Å². The summed E-state index contributed by atoms with van der Waals surface area (Å²) in [6.45, 7) is 3.65. The third kappa shape index (κ3) is 3.46. The molecular weight excluding hydrogens is 354 g/mol. The van der Waals surface area contributed by atoms with Gasteiger partial charge in [-0.1, -0.05) is 41.6 Å². The van der Waals surface area contributed by atoms with Crippen LogP contribution in [0.4, 0.5) is 0 Å². The Morgan fingerprint density at radius 1 is 1.12 bits per heavy atom. The number of nitrogens with zero attached hydrogens (tertiary/aromatic N) is 3. The molecule has 0 aliphatic rings. The standard InChI is InChI=1S/C19H14ClN3OS/c1-12-5-3-4-6-17(12)23-19(24)16(11-21)13(2)18(22-23)25-15-9-7-14(20)8-10-15/h3-10H,1-2H3. The number of rotatable bonds is 3. The fourth-order valence-electron chi connectivity index (χ4n) is 2.39. The van der Waals surface area contributed by atoms with Gasteiger partial charge in [0.05, 0.1) is 5.69 Å². The van der Waals surface area contributed by atoms with Crippen molar-refractivity contribution >= 4 is 23.4 Å². The summed E-state index contributed by atoms with van der Waals surface area (Å²) in [5.74, 6) is 0. The van der Waals surface area contributed by atoms with Gasteiger partial charge in [-0.15, -0.1) is 0 Å². The monoisotopic (exact) mass is 367 g/mol. The number of aromatic nitrogens is 2. The molecule has 0 fully saturated rings. The molecule has 0 aliphatic heterocycles. The molecule has 0 saturated carbocycles. The van der Waals surface area contributed by atoms with Gasteiger partial charge in [-0.3, -0.25) is 4.79 Å². The van der Waals surface area contributed by atoms with Crippen molar-refractivity contribution in [3.8, 4) is 11.8 Å². The van der Waals surface area contributed by atoms with E-state index in [1.807, 2.05) is 49.4 Å². The Labute approximate surface area is 154 Å². The lowest BCUT2D eigenvalue weighted by molar-refractivity contribution is 0.735. The Balaban J connectivity index is 2.18. The zero-order chi connectivity index (χ0) is 18.0. The van der Waals surface area contributed by atoms with Gasteiger partial charge in [-0.05, 0) is 49.7 Å². The highest BCUT2D eigenvalue weighted by atomic mass is 35.5. The minimum absolute atomic E-state index is 0.106. The molecule has 1 heterocycles. The molecule has 6 heteroatoms. The maximum absolute atomic E-state index is 12.7. The molecule has 0 bridgehead atoms. The Morgan fingerprint density at radius 2 is 1.80 bits per heavy atom. The highest BCUT2D eigenvalue weighted by Crippen LogP contribution is 2.30. The van der Waals surface area contributed by atoms with Gasteiger partial charge in [-0.2, -0.15) is 15.0 Å². The number of aryl methyl sites for hydroxylation is 1. The third-order valence-electron chi connectivity index (χ3n) is 3.78. The zero-order valence-electron chi connectivity index (χ0n) is 13.7. The van der Waals surface area contributed by atoms with Gasteiger partial charge < -0.3 is 0 Å². The molecule has 0 unspecified atom stereocenters. The van der Waals surface area contributed by atoms with Crippen LogP contribution < -0.4 is 5.56 Å². The van der Waals surface area contributed by atoms with E-state index in [2.05, 4.69) is 5.10 Å². The lowest BCUT2D eigenvalue weighted by Crippen LogP contribution is -2.26. The van der Waals surface area contributed by atoms with E-state index in [1.54, 1.807) is 19.1 Å². The number of benzene rings is 2. The first-order valence-electron chi connectivity index (χ1n) is 7.54. The summed E-state index contributed by atoms with van der Waals surface area (Å²) in [5.41, 5.74) is 1.86. The Hall–Kier alpha value is -2.55. The van der Waals surface area contributed by atoms with E-state index in [0.29, 0.717) is 21.3 Å². The number of halogens is 1. The summed E-state index contributed by atoms with van der Waals surface area (Å²) in [5, 5.41) is 15.2. The number of hydrogen-bond acceptors (Lipinski definition) is 4. The van der Waals surface area contributed by atoms with Crippen LogP contribution in [0.3, 0.4) is 0 Å². The lowest BCUT2D eigenvalue weighted by atomic mass is 10.2. The third-order valence-corrected chi connectivity index (χ3v) is 5.12. The van der Waals surface area contributed by atoms with E-state index in [-0.39, 0.29) is 5.56 Å². The molecule has 4 nitrogen and oxygen atoms in total. The molecule has 0 saturated heterocycles. The van der Waals surface area contributed by atoms with Crippen LogP contribution in [0.25, 0.3) is 5.69 Å². The van der Waals surface area contributed by atoms with Crippen molar-refractivity contribution in [1.29, 1.82) is 5.26 Å². The summed E-state index contributed by atoms with van der Waals surface area (Å²) in [7, 11) is 0. The van der Waals surface area contributed by atoms with Crippen LogP contribution in [-0.2, 0) is 0 Å². The highest BCUT2D eigenvalue weighted by molar-refractivity contribution is 7.99. The second-order valence-electron chi connectivity index (χ2n) is 5.48. The molecule has 0 atom stereocenters. The fourth-order valence-corrected chi connectivity index (χ4v) is 3.39. The molecule has 0 amide bonds. The average Bonchev–Trinajstić information content (AvgIpc) is 2.60. The van der Waals surface area contributed by atoms with Gasteiger partial charge >= 0.3 is 0 Å². The summed E-state index contributed by atoms with van der Waals surface area (Å²) < 4.78 is 1.30. The predicted octanol–water partition coefficient (Wildman–Crippen LogP) is 4.53. The Bertz CT molecular complexity index is 1040. The highest BCUT2D eigenvalue weighted by Gasteiger charge is 2.17. The van der Waals surface area contributed by atoms with Crippen LogP contribution in [0.5, 0.6) is 0 Å². The zero-order valence-corrected chi connectivity index (χ0v) is 15.2. The van der Waals surface area contributed by atoms with E-state index in [1.165, 1.54) is 16.4 Å². The average molecular weight is 368 g/mol. The molecule has 2 aromatic carbocycles. The van der Waals surface area contributed by atoms with Crippen molar-refractivity contribution in [2.75, 3.05) is 0 Å². The van der Waals surface area contributed by atoms with Gasteiger partial charge in [0, 0.05) is 15.5 Å². The largest absolute Gasteiger partial charge is 0.289 e. The molecule has 0 N–H and O–H groups in total. The van der Waals surface area contributed by atoms with Crippen molar-refractivity contribution in [2.24, 2.45) is 0 Å². The van der Waals surface area contributed by atoms with E-state index < -0.39 is 5.56 Å². The van der Waals surface area contributed by atoms with E-state index in [9.17, 15) is 10.1 Å². The summed E-state index contributed by atoms with van der Waals surface area (Å²) in [6, 6.07) is 16.8. The maximum Gasteiger partial charge on any atom is 0.289 e. The summed E-state index contributed by atoms with van der Waals surface area (Å²) in [6.07, 6.45) is 0. The Kier molecular flexibility index (Phi) is 4.93. The topological polar surface area (TPSA) is 58.7 Å². The molecule has 3 rings (SSSR count). The van der Waals surface area contributed by atoms with Gasteiger partial charge in [0.2, 0.25) is 0 Å². The van der Waals surface area contributed by atoms with Crippen molar-refractivity contribution < 1.29 is 0 Å². The first kappa shape index (κ1) is 17.3. The van der Waals surface area contributed by atoms with E-state index in [0.717, 1.165) is 10.5 Å². The van der Waals surface area contributed by atoms with Crippen LogP contribution in [0, 0.1) is 25.2 Å². The molecule has 0 aliphatic carbocycles. The van der Waals surface area contributed by atoms with Crippen molar-refractivity contribution in [3.05, 3.63) is 80.6 Å². The minimum Gasteiger partial charge on any atom is -0.266 e. The molecular formula is C19H14ClN3OS. The minimum atomic E-state index is -0.408. The molecule has 0 spiro atoms. The summed E-state index contributed by atoms with van der Waals surface area (Å²) >= 11 is 7.32. The molecule has 1 aromatic heterocycles. The van der Waals surface area contributed by atoms with Gasteiger partial charge in [0.1, 0.15) is 16.7 Å². The van der Waals surface area contributed by atoms with Gasteiger partial charge in [-0.25, -0.2) is 0 Å². The molecule has 124 valence electrons. The first-order chi connectivity index (χ1) is 12.0. The second kappa shape index (κ2) is 7.14. The lowest BCUT2D eigenvalue weighted by Gasteiger charge is -2.12. The van der Waals surface area contributed by atoms with E-state index in [4.69, 9.17) is 11.6 Å². The quantitative estimate of drug-likeness (QED) is 0.682. The second-order valence-corrected chi connectivity index (χ2v) is 6.98. The van der Waals surface area contributed by atoms with Crippen LogP contribution in [0.15, 0.2) is 63.2 Å². The van der Waals surface area contributed by atoms with Crippen molar-refractivity contribution in [2.45, 2.75) is 23.8 Å². The smallest absolute Gasteiger partial charge is 0.266 e. The van der Waals surface area contributed by atoms with Gasteiger partial charge in [0.25, 0.3) is 5.56 Å². The van der Waals surface area contributed by atoms with Crippen molar-refractivity contribution in [1.82, 2.24) is 9.78 Å². The van der Waals surface area contributed by atoms with Crippen LogP contribution in [-0.4, -0.2) is 9.78 Å². The van der Waals surface area contributed by atoms with Crippen LogP contribution in [0.2, 0.25) is 5.02 Å². The molecule has 25 heavy (non-hydrogen) atoms. The summed E-state index contributed by atoms with van der Waals surface area (Å²) in [4.78, 5) is 13.6. The predicted molar refractivity (Wildman–Crippen MR) is 99.6 cm³/mol. The first-order valence-corrected chi connectivity index (χ1v) is 8.74. The fraction of sp³-hybridized carbons (Fsp3) is 0.105. The number of para-hydroxylation sites is 1. The number of hydrogen-bond donors (Lipinski definition) is 0. The number of nitriles is 1. The normalized spacial score (nSPS) is 10.5.